The van der Waals surface area contributed by atoms with E-state index in [2.05, 4.69) is 67.4 Å². The zero-order valence-electron chi connectivity index (χ0n) is 14.8. The Labute approximate surface area is 145 Å². The molecule has 0 bridgehead atoms. The van der Waals surface area contributed by atoms with Crippen LogP contribution in [0, 0.1) is 6.92 Å². The lowest BCUT2D eigenvalue weighted by molar-refractivity contribution is 0.204. The summed E-state index contributed by atoms with van der Waals surface area (Å²) < 4.78 is 0.960. The summed E-state index contributed by atoms with van der Waals surface area (Å²) >= 11 is 0. The molecule has 1 heterocycles. The van der Waals surface area contributed by atoms with Gasteiger partial charge in [-0.05, 0) is 50.2 Å². The van der Waals surface area contributed by atoms with E-state index in [9.17, 15) is 0 Å². The molecule has 1 aliphatic heterocycles. The van der Waals surface area contributed by atoms with Gasteiger partial charge >= 0.3 is 0 Å². The molecule has 2 atom stereocenters. The summed E-state index contributed by atoms with van der Waals surface area (Å²) in [5, 5.41) is 0. The van der Waals surface area contributed by atoms with Gasteiger partial charge in [-0.2, -0.15) is 0 Å². The van der Waals surface area contributed by atoms with Gasteiger partial charge in [0, 0.05) is 25.0 Å². The molecule has 3 nitrogen and oxygen atoms in total. The Kier molecular flexibility index (Phi) is 3.95. The zero-order chi connectivity index (χ0) is 16.7. The molecule has 2 N–H and O–H groups in total. The van der Waals surface area contributed by atoms with Crippen LogP contribution < -0.4 is 10.2 Å². The van der Waals surface area contributed by atoms with Crippen LogP contribution in [0.3, 0.4) is 0 Å². The maximum atomic E-state index is 6.02. The fraction of sp³-hybridized carbons (Fsp3) is 0.429. The Morgan fingerprint density at radius 3 is 1.92 bits per heavy atom. The Balaban J connectivity index is 1.71. The van der Waals surface area contributed by atoms with Crippen LogP contribution in [0.4, 0.5) is 11.4 Å². The van der Waals surface area contributed by atoms with Gasteiger partial charge in [-0.15, -0.1) is 0 Å². The van der Waals surface area contributed by atoms with Gasteiger partial charge < -0.3 is 5.73 Å². The van der Waals surface area contributed by atoms with E-state index in [1.165, 1.54) is 22.5 Å². The van der Waals surface area contributed by atoms with Crippen molar-refractivity contribution in [2.45, 2.75) is 25.3 Å². The summed E-state index contributed by atoms with van der Waals surface area (Å²) in [4.78, 5) is 2.43. The number of piperazine rings is 1. The van der Waals surface area contributed by atoms with E-state index in [-0.39, 0.29) is 0 Å². The number of hydrogen-bond acceptors (Lipinski definition) is 2. The standard InChI is InChI=1S/C21H28N3/c1-16-3-7-18(8-4-16)24(13-11-23(2)12-14-24)19-9-5-17(6-10-19)20-15-21(20)22/h3-10,20-21H,11-15,22H2,1-2H3/q+1/t20-,21+/m0/s1. The molecule has 1 saturated carbocycles. The monoisotopic (exact) mass is 322 g/mol. The summed E-state index contributed by atoms with van der Waals surface area (Å²) in [6.45, 7) is 6.67. The Morgan fingerprint density at radius 1 is 0.917 bits per heavy atom. The van der Waals surface area contributed by atoms with E-state index in [0.717, 1.165) is 37.1 Å². The third-order valence-electron chi connectivity index (χ3n) is 5.91. The van der Waals surface area contributed by atoms with Crippen LogP contribution in [0.15, 0.2) is 48.5 Å². The van der Waals surface area contributed by atoms with Gasteiger partial charge in [-0.3, -0.25) is 9.38 Å². The van der Waals surface area contributed by atoms with E-state index in [4.69, 9.17) is 5.73 Å². The molecule has 24 heavy (non-hydrogen) atoms. The van der Waals surface area contributed by atoms with E-state index in [0.29, 0.717) is 12.0 Å². The molecule has 0 aromatic heterocycles. The van der Waals surface area contributed by atoms with Crippen molar-refractivity contribution < 1.29 is 0 Å². The quantitative estimate of drug-likeness (QED) is 0.878. The highest BCUT2D eigenvalue weighted by atomic mass is 15.4. The van der Waals surface area contributed by atoms with E-state index < -0.39 is 0 Å². The SMILES string of the molecule is Cc1ccc([N+]2(c3ccc([C@@H]4C[C@H]4N)cc3)CCN(C)CC2)cc1. The van der Waals surface area contributed by atoms with Crippen molar-refractivity contribution >= 4 is 11.4 Å². The van der Waals surface area contributed by atoms with E-state index in [1.54, 1.807) is 0 Å². The fourth-order valence-electron chi connectivity index (χ4n) is 4.01. The minimum absolute atomic E-state index is 0.375. The lowest BCUT2D eigenvalue weighted by Gasteiger charge is -2.43. The molecule has 0 amide bonds. The fourth-order valence-corrected chi connectivity index (χ4v) is 4.01. The summed E-state index contributed by atoms with van der Waals surface area (Å²) in [6, 6.07) is 18.8. The maximum absolute atomic E-state index is 6.02. The summed E-state index contributed by atoms with van der Waals surface area (Å²) in [6.07, 6.45) is 1.14. The van der Waals surface area contributed by atoms with Gasteiger partial charge in [0.25, 0.3) is 0 Å². The van der Waals surface area contributed by atoms with Crippen molar-refractivity contribution in [2.75, 3.05) is 33.2 Å². The van der Waals surface area contributed by atoms with Gasteiger partial charge in [-0.25, -0.2) is 0 Å². The molecule has 2 aromatic carbocycles. The first-order valence-corrected chi connectivity index (χ1v) is 9.07. The van der Waals surface area contributed by atoms with Gasteiger partial charge in [0.05, 0.1) is 0 Å². The largest absolute Gasteiger partial charge is 0.327 e. The van der Waals surface area contributed by atoms with Gasteiger partial charge in [0.2, 0.25) is 0 Å². The van der Waals surface area contributed by atoms with Gasteiger partial charge in [0.1, 0.15) is 24.5 Å². The molecule has 1 saturated heterocycles. The molecule has 1 aliphatic carbocycles. The van der Waals surface area contributed by atoms with Crippen LogP contribution >= 0.6 is 0 Å². The Hall–Kier alpha value is -1.68. The topological polar surface area (TPSA) is 29.3 Å². The molecular weight excluding hydrogens is 294 g/mol. The van der Waals surface area contributed by atoms with E-state index in [1.807, 2.05) is 0 Å². The number of nitrogens with zero attached hydrogens (tertiary/aromatic N) is 2. The third kappa shape index (κ3) is 2.77. The van der Waals surface area contributed by atoms with Crippen molar-refractivity contribution in [1.82, 2.24) is 9.38 Å². The van der Waals surface area contributed by atoms with Crippen molar-refractivity contribution in [2.24, 2.45) is 5.73 Å². The molecule has 4 rings (SSSR count). The summed E-state index contributed by atoms with van der Waals surface area (Å²) in [5.41, 5.74) is 11.6. The summed E-state index contributed by atoms with van der Waals surface area (Å²) in [7, 11) is 2.22. The molecule has 0 unspecified atom stereocenters. The van der Waals surface area contributed by atoms with Crippen molar-refractivity contribution in [3.63, 3.8) is 0 Å². The predicted octanol–water partition coefficient (Wildman–Crippen LogP) is 3.39. The molecule has 126 valence electrons. The molecule has 3 heteroatoms. The minimum atomic E-state index is 0.375. The lowest BCUT2D eigenvalue weighted by atomic mass is 10.1. The highest BCUT2D eigenvalue weighted by Gasteiger charge is 2.38. The second kappa shape index (κ2) is 5.99. The number of nitrogens with two attached hydrogens (primary N) is 1. The molecule has 2 fully saturated rings. The van der Waals surface area contributed by atoms with Crippen LogP contribution in [0.5, 0.6) is 0 Å². The third-order valence-corrected chi connectivity index (χ3v) is 5.91. The average Bonchev–Trinajstić information content (AvgIpc) is 3.34. The zero-order valence-corrected chi connectivity index (χ0v) is 14.8. The van der Waals surface area contributed by atoms with Crippen molar-refractivity contribution in [3.05, 3.63) is 59.7 Å². The van der Waals surface area contributed by atoms with Crippen LogP contribution in [0.1, 0.15) is 23.5 Å². The second-order valence-electron chi connectivity index (χ2n) is 7.65. The van der Waals surface area contributed by atoms with Crippen molar-refractivity contribution in [1.29, 1.82) is 0 Å². The Morgan fingerprint density at radius 2 is 1.42 bits per heavy atom. The Bertz CT molecular complexity index is 697. The predicted molar refractivity (Wildman–Crippen MR) is 102 cm³/mol. The van der Waals surface area contributed by atoms with Gasteiger partial charge in [0.15, 0.2) is 0 Å². The number of benzene rings is 2. The van der Waals surface area contributed by atoms with Crippen molar-refractivity contribution in [3.8, 4) is 0 Å². The first-order chi connectivity index (χ1) is 11.6. The molecule has 2 aliphatic rings. The summed E-state index contributed by atoms with van der Waals surface area (Å²) in [5.74, 6) is 0.583. The molecule has 0 spiro atoms. The lowest BCUT2D eigenvalue weighted by Crippen LogP contribution is -2.56. The maximum Gasteiger partial charge on any atom is 0.138 e. The first kappa shape index (κ1) is 15.8. The van der Waals surface area contributed by atoms with Crippen LogP contribution in [-0.4, -0.2) is 44.2 Å². The first-order valence-electron chi connectivity index (χ1n) is 9.07. The normalized spacial score (nSPS) is 26.3. The van der Waals surface area contributed by atoms with E-state index >= 15 is 0 Å². The average molecular weight is 322 g/mol. The molecule has 0 radical (unpaired) electrons. The second-order valence-corrected chi connectivity index (χ2v) is 7.65. The van der Waals surface area contributed by atoms with Crippen LogP contribution in [-0.2, 0) is 0 Å². The number of rotatable bonds is 3. The van der Waals surface area contributed by atoms with Gasteiger partial charge in [-0.1, -0.05) is 29.8 Å². The number of hydrogen-bond donors (Lipinski definition) is 1. The molecule has 2 aromatic rings. The van der Waals surface area contributed by atoms with Crippen LogP contribution in [0.25, 0.3) is 0 Å². The van der Waals surface area contributed by atoms with Crippen LogP contribution in [0.2, 0.25) is 0 Å². The minimum Gasteiger partial charge on any atom is -0.327 e. The number of quaternary nitrogens is 1. The smallest absolute Gasteiger partial charge is 0.138 e. The number of aryl methyl sites for hydroxylation is 1. The highest BCUT2D eigenvalue weighted by Crippen LogP contribution is 2.41. The number of likely N-dealkylation sites (N-methyl/N-ethyl adjacent to an activating group) is 1. The highest BCUT2D eigenvalue weighted by molar-refractivity contribution is 5.60. The molecular formula is C21H28N3+.